The molecule has 23 heavy (non-hydrogen) atoms. The van der Waals surface area contributed by atoms with Crippen molar-refractivity contribution in [2.45, 2.75) is 19.3 Å². The molecule has 4 rings (SSSR count). The second-order valence-electron chi connectivity index (χ2n) is 6.16. The molecule has 1 amide bonds. The van der Waals surface area contributed by atoms with Gasteiger partial charge in [0.25, 0.3) is 0 Å². The van der Waals surface area contributed by atoms with Crippen molar-refractivity contribution in [3.63, 3.8) is 0 Å². The minimum atomic E-state index is -0.202. The van der Waals surface area contributed by atoms with Crippen LogP contribution in [-0.4, -0.2) is 33.4 Å². The van der Waals surface area contributed by atoms with Gasteiger partial charge in [-0.3, -0.25) is 9.20 Å². The molecular formula is C17H19N5O. The van der Waals surface area contributed by atoms with Crippen LogP contribution >= 0.6 is 0 Å². The van der Waals surface area contributed by atoms with E-state index < -0.39 is 0 Å². The fraction of sp³-hybridized carbons (Fsp3) is 0.353. The molecule has 0 aliphatic carbocycles. The maximum absolute atomic E-state index is 11.0. The van der Waals surface area contributed by atoms with Gasteiger partial charge in [0.15, 0.2) is 0 Å². The zero-order valence-electron chi connectivity index (χ0n) is 12.9. The van der Waals surface area contributed by atoms with E-state index in [1.54, 1.807) is 0 Å². The van der Waals surface area contributed by atoms with Crippen molar-refractivity contribution in [3.05, 3.63) is 36.5 Å². The molecule has 3 aromatic rings. The number of fused-ring (bicyclic) bond motifs is 3. The Morgan fingerprint density at radius 2 is 1.96 bits per heavy atom. The summed E-state index contributed by atoms with van der Waals surface area (Å²) in [4.78, 5) is 22.6. The van der Waals surface area contributed by atoms with Gasteiger partial charge in [-0.15, -0.1) is 0 Å². The number of carbonyl (C=O) groups is 1. The summed E-state index contributed by atoms with van der Waals surface area (Å²) < 4.78 is 2.01. The van der Waals surface area contributed by atoms with Crippen LogP contribution in [-0.2, 0) is 4.79 Å². The summed E-state index contributed by atoms with van der Waals surface area (Å²) in [6.45, 7) is 1.81. The van der Waals surface area contributed by atoms with Crippen LogP contribution in [0.3, 0.4) is 0 Å². The van der Waals surface area contributed by atoms with E-state index in [-0.39, 0.29) is 5.91 Å². The highest BCUT2D eigenvalue weighted by Gasteiger charge is 2.22. The van der Waals surface area contributed by atoms with Gasteiger partial charge in [0.2, 0.25) is 11.7 Å². The van der Waals surface area contributed by atoms with E-state index >= 15 is 0 Å². The maximum atomic E-state index is 11.0. The minimum absolute atomic E-state index is 0.202. The van der Waals surface area contributed by atoms with Crippen LogP contribution in [0.25, 0.3) is 16.8 Å². The van der Waals surface area contributed by atoms with Crippen molar-refractivity contribution < 1.29 is 4.79 Å². The molecule has 2 aromatic heterocycles. The van der Waals surface area contributed by atoms with Crippen molar-refractivity contribution in [2.24, 2.45) is 11.7 Å². The Labute approximate surface area is 133 Å². The number of anilines is 1. The molecule has 0 spiro atoms. The molecule has 2 N–H and O–H groups in total. The number of primary amides is 1. The van der Waals surface area contributed by atoms with Gasteiger partial charge in [-0.1, -0.05) is 12.1 Å². The third-order valence-electron chi connectivity index (χ3n) is 4.59. The van der Waals surface area contributed by atoms with Crippen molar-refractivity contribution in [1.82, 2.24) is 14.4 Å². The average Bonchev–Trinajstić information content (AvgIpc) is 2.92. The van der Waals surface area contributed by atoms with Crippen molar-refractivity contribution in [2.75, 3.05) is 18.0 Å². The fourth-order valence-electron chi connectivity index (χ4n) is 3.37. The summed E-state index contributed by atoms with van der Waals surface area (Å²) >= 11 is 0. The number of aromatic nitrogens is 3. The summed E-state index contributed by atoms with van der Waals surface area (Å²) in [5.41, 5.74) is 7.32. The van der Waals surface area contributed by atoms with Crippen molar-refractivity contribution in [1.29, 1.82) is 0 Å². The van der Waals surface area contributed by atoms with E-state index in [0.717, 1.165) is 48.6 Å². The number of imidazole rings is 1. The highest BCUT2D eigenvalue weighted by atomic mass is 16.1. The lowest BCUT2D eigenvalue weighted by Gasteiger charge is -2.32. The molecule has 0 atom stereocenters. The van der Waals surface area contributed by atoms with Gasteiger partial charge in [0.05, 0.1) is 11.0 Å². The Balaban J connectivity index is 1.58. The molecule has 1 aliphatic rings. The van der Waals surface area contributed by atoms with E-state index in [9.17, 15) is 4.79 Å². The Hall–Kier alpha value is -2.63. The first-order valence-corrected chi connectivity index (χ1v) is 7.98. The minimum Gasteiger partial charge on any atom is -0.370 e. The first kappa shape index (κ1) is 14.0. The molecular weight excluding hydrogens is 290 g/mol. The van der Waals surface area contributed by atoms with E-state index in [1.807, 2.05) is 40.9 Å². The van der Waals surface area contributed by atoms with Crippen LogP contribution in [0.2, 0.25) is 0 Å². The van der Waals surface area contributed by atoms with Crippen LogP contribution in [0.1, 0.15) is 19.3 Å². The number of nitrogens with two attached hydrogens (primary N) is 1. The lowest BCUT2D eigenvalue weighted by atomic mass is 9.93. The first-order chi connectivity index (χ1) is 11.2. The van der Waals surface area contributed by atoms with Gasteiger partial charge in [-0.05, 0) is 37.0 Å². The Morgan fingerprint density at radius 1 is 1.17 bits per heavy atom. The van der Waals surface area contributed by atoms with Gasteiger partial charge in [0.1, 0.15) is 5.82 Å². The largest absolute Gasteiger partial charge is 0.370 e. The number of hydrogen-bond donors (Lipinski definition) is 1. The van der Waals surface area contributed by atoms with Gasteiger partial charge in [-0.2, -0.15) is 4.98 Å². The Morgan fingerprint density at radius 3 is 2.74 bits per heavy atom. The Kier molecular flexibility index (Phi) is 3.37. The predicted molar refractivity (Wildman–Crippen MR) is 89.2 cm³/mol. The lowest BCUT2D eigenvalue weighted by Crippen LogP contribution is -2.35. The monoisotopic (exact) mass is 309 g/mol. The van der Waals surface area contributed by atoms with Gasteiger partial charge >= 0.3 is 0 Å². The molecule has 0 bridgehead atoms. The molecule has 1 aliphatic heterocycles. The van der Waals surface area contributed by atoms with E-state index in [0.29, 0.717) is 12.3 Å². The van der Waals surface area contributed by atoms with Crippen LogP contribution in [0.5, 0.6) is 0 Å². The van der Waals surface area contributed by atoms with Crippen LogP contribution in [0.4, 0.5) is 5.82 Å². The molecule has 1 fully saturated rings. The maximum Gasteiger partial charge on any atom is 0.236 e. The van der Waals surface area contributed by atoms with E-state index in [1.165, 1.54) is 0 Å². The number of para-hydroxylation sites is 2. The van der Waals surface area contributed by atoms with Crippen LogP contribution in [0, 0.1) is 5.92 Å². The summed E-state index contributed by atoms with van der Waals surface area (Å²) in [5, 5.41) is 0. The summed E-state index contributed by atoms with van der Waals surface area (Å²) in [6.07, 6.45) is 4.48. The second kappa shape index (κ2) is 5.53. The zero-order chi connectivity index (χ0) is 15.8. The molecule has 6 heteroatoms. The third kappa shape index (κ3) is 2.60. The molecule has 1 aromatic carbocycles. The fourth-order valence-corrected chi connectivity index (χ4v) is 3.37. The standard InChI is InChI=1S/C17H19N5O/c18-15(23)11-12-5-8-21(9-6-12)16-7-10-22-14-4-2-1-3-13(14)19-17(22)20-16/h1-4,7,10,12H,5-6,8-9,11H2,(H2,18,23). The number of nitrogens with zero attached hydrogens (tertiary/aromatic N) is 4. The summed E-state index contributed by atoms with van der Waals surface area (Å²) in [6, 6.07) is 10.1. The van der Waals surface area contributed by atoms with Crippen molar-refractivity contribution in [3.8, 4) is 0 Å². The Bertz CT molecular complexity index is 864. The number of carbonyl (C=O) groups excluding carboxylic acids is 1. The van der Waals surface area contributed by atoms with Crippen LogP contribution < -0.4 is 10.6 Å². The first-order valence-electron chi connectivity index (χ1n) is 7.98. The molecule has 0 saturated carbocycles. The van der Waals surface area contributed by atoms with Gasteiger partial charge in [0, 0.05) is 25.7 Å². The molecule has 118 valence electrons. The van der Waals surface area contributed by atoms with Gasteiger partial charge in [-0.25, -0.2) is 4.98 Å². The highest BCUT2D eigenvalue weighted by molar-refractivity contribution is 5.79. The van der Waals surface area contributed by atoms with Crippen LogP contribution in [0.15, 0.2) is 36.5 Å². The van der Waals surface area contributed by atoms with E-state index in [4.69, 9.17) is 10.7 Å². The molecule has 3 heterocycles. The molecule has 0 unspecified atom stereocenters. The quantitative estimate of drug-likeness (QED) is 0.802. The highest BCUT2D eigenvalue weighted by Crippen LogP contribution is 2.25. The van der Waals surface area contributed by atoms with Gasteiger partial charge < -0.3 is 10.6 Å². The molecule has 6 nitrogen and oxygen atoms in total. The van der Waals surface area contributed by atoms with Crippen molar-refractivity contribution >= 4 is 28.5 Å². The molecule has 0 radical (unpaired) electrons. The third-order valence-corrected chi connectivity index (χ3v) is 4.59. The number of rotatable bonds is 3. The SMILES string of the molecule is NC(=O)CC1CCN(c2ccn3c(n2)nc2ccccc23)CC1. The normalized spacial score (nSPS) is 16.3. The predicted octanol–water partition coefficient (Wildman–Crippen LogP) is 1.97. The van der Waals surface area contributed by atoms with E-state index in [2.05, 4.69) is 9.88 Å². The zero-order valence-corrected chi connectivity index (χ0v) is 12.9. The lowest BCUT2D eigenvalue weighted by molar-refractivity contribution is -0.119. The summed E-state index contributed by atoms with van der Waals surface area (Å²) in [7, 11) is 0. The molecule has 1 saturated heterocycles. The summed E-state index contributed by atoms with van der Waals surface area (Å²) in [5.74, 6) is 1.88. The number of amides is 1. The number of benzene rings is 1. The average molecular weight is 309 g/mol. The number of piperidine rings is 1. The number of hydrogen-bond acceptors (Lipinski definition) is 4. The second-order valence-corrected chi connectivity index (χ2v) is 6.16. The topological polar surface area (TPSA) is 76.5 Å². The smallest absolute Gasteiger partial charge is 0.236 e.